The van der Waals surface area contributed by atoms with Gasteiger partial charge in [-0.15, -0.1) is 11.3 Å². The zero-order valence-electron chi connectivity index (χ0n) is 12.3. The van der Waals surface area contributed by atoms with Gasteiger partial charge in [-0.1, -0.05) is 6.42 Å². The summed E-state index contributed by atoms with van der Waals surface area (Å²) in [5.41, 5.74) is 6.05. The number of aromatic nitrogens is 1. The standard InChI is InChI=1S/C14H24N4OS/c1-17-7-4-3-5-11(17)6-8-18(2)14(19)12-10-20-13(9-15)16-12/h10-11H,3-9,15H2,1-2H3. The topological polar surface area (TPSA) is 62.5 Å². The number of nitrogens with two attached hydrogens (primary N) is 1. The maximum atomic E-state index is 12.2. The second-order valence-corrected chi connectivity index (χ2v) is 6.42. The van der Waals surface area contributed by atoms with Crippen LogP contribution in [0.2, 0.25) is 0 Å². The van der Waals surface area contributed by atoms with Gasteiger partial charge in [-0.3, -0.25) is 4.79 Å². The third-order valence-corrected chi connectivity index (χ3v) is 4.88. The molecule has 2 N–H and O–H groups in total. The monoisotopic (exact) mass is 296 g/mol. The Morgan fingerprint density at radius 3 is 3.05 bits per heavy atom. The number of hydrogen-bond acceptors (Lipinski definition) is 5. The Morgan fingerprint density at radius 1 is 1.60 bits per heavy atom. The molecule has 0 radical (unpaired) electrons. The smallest absolute Gasteiger partial charge is 0.273 e. The number of hydrogen-bond donors (Lipinski definition) is 1. The van der Waals surface area contributed by atoms with E-state index in [9.17, 15) is 4.79 Å². The summed E-state index contributed by atoms with van der Waals surface area (Å²) in [5.74, 6) is -0.000544. The Morgan fingerprint density at radius 2 is 2.40 bits per heavy atom. The lowest BCUT2D eigenvalue weighted by Gasteiger charge is -2.33. The summed E-state index contributed by atoms with van der Waals surface area (Å²) in [5, 5.41) is 2.61. The van der Waals surface area contributed by atoms with E-state index in [0.29, 0.717) is 18.3 Å². The second kappa shape index (κ2) is 7.15. The normalized spacial score (nSPS) is 20.1. The van der Waals surface area contributed by atoms with Gasteiger partial charge in [0.1, 0.15) is 10.7 Å². The second-order valence-electron chi connectivity index (χ2n) is 5.48. The molecule has 112 valence electrons. The van der Waals surface area contributed by atoms with Gasteiger partial charge in [0.25, 0.3) is 5.91 Å². The van der Waals surface area contributed by atoms with Gasteiger partial charge in [0.2, 0.25) is 0 Å². The van der Waals surface area contributed by atoms with Crippen LogP contribution >= 0.6 is 11.3 Å². The summed E-state index contributed by atoms with van der Waals surface area (Å²) in [7, 11) is 4.03. The molecule has 1 saturated heterocycles. The van der Waals surface area contributed by atoms with Crippen molar-refractivity contribution in [1.29, 1.82) is 0 Å². The molecule has 1 aromatic rings. The van der Waals surface area contributed by atoms with Crippen molar-refractivity contribution in [3.63, 3.8) is 0 Å². The van der Waals surface area contributed by atoms with Crippen molar-refractivity contribution in [1.82, 2.24) is 14.8 Å². The number of carbonyl (C=O) groups excluding carboxylic acids is 1. The van der Waals surface area contributed by atoms with E-state index in [2.05, 4.69) is 16.9 Å². The Balaban J connectivity index is 1.84. The van der Waals surface area contributed by atoms with Crippen molar-refractivity contribution in [3.05, 3.63) is 16.1 Å². The molecule has 0 aliphatic carbocycles. The average molecular weight is 296 g/mol. The van der Waals surface area contributed by atoms with Crippen LogP contribution in [-0.4, -0.2) is 53.9 Å². The minimum absolute atomic E-state index is 0.000544. The van der Waals surface area contributed by atoms with Crippen LogP contribution < -0.4 is 5.73 Å². The molecule has 0 saturated carbocycles. The lowest BCUT2D eigenvalue weighted by atomic mass is 10.00. The molecular formula is C14H24N4OS. The van der Waals surface area contributed by atoms with Crippen LogP contribution in [0.3, 0.4) is 0 Å². The van der Waals surface area contributed by atoms with E-state index in [-0.39, 0.29) is 5.91 Å². The summed E-state index contributed by atoms with van der Waals surface area (Å²) < 4.78 is 0. The summed E-state index contributed by atoms with van der Waals surface area (Å²) in [6.45, 7) is 2.35. The fraction of sp³-hybridized carbons (Fsp3) is 0.714. The van der Waals surface area contributed by atoms with Gasteiger partial charge in [-0.25, -0.2) is 4.98 Å². The Labute approximate surface area is 124 Å². The molecule has 1 atom stereocenters. The molecule has 2 heterocycles. The number of piperidine rings is 1. The molecule has 0 aromatic carbocycles. The number of nitrogens with zero attached hydrogens (tertiary/aromatic N) is 3. The van der Waals surface area contributed by atoms with Gasteiger partial charge in [-0.05, 0) is 32.9 Å². The molecule has 1 fully saturated rings. The van der Waals surface area contributed by atoms with Gasteiger partial charge >= 0.3 is 0 Å². The van der Waals surface area contributed by atoms with Gasteiger partial charge in [-0.2, -0.15) is 0 Å². The molecule has 1 amide bonds. The zero-order chi connectivity index (χ0) is 14.5. The average Bonchev–Trinajstić information content (AvgIpc) is 2.94. The van der Waals surface area contributed by atoms with Crippen LogP contribution in [0, 0.1) is 0 Å². The molecule has 6 heteroatoms. The highest BCUT2D eigenvalue weighted by molar-refractivity contribution is 7.09. The molecule has 1 aromatic heterocycles. The number of rotatable bonds is 5. The highest BCUT2D eigenvalue weighted by Crippen LogP contribution is 2.18. The van der Waals surface area contributed by atoms with E-state index in [4.69, 9.17) is 5.73 Å². The number of carbonyl (C=O) groups is 1. The van der Waals surface area contributed by atoms with E-state index in [1.807, 2.05) is 7.05 Å². The fourth-order valence-electron chi connectivity index (χ4n) is 2.65. The molecule has 1 aliphatic heterocycles. The molecule has 0 spiro atoms. The molecule has 0 bridgehead atoms. The van der Waals surface area contributed by atoms with E-state index < -0.39 is 0 Å². The van der Waals surface area contributed by atoms with E-state index >= 15 is 0 Å². The van der Waals surface area contributed by atoms with Crippen molar-refractivity contribution < 1.29 is 4.79 Å². The van der Waals surface area contributed by atoms with Crippen LogP contribution in [-0.2, 0) is 6.54 Å². The molecular weight excluding hydrogens is 272 g/mol. The van der Waals surface area contributed by atoms with Crippen LogP contribution in [0.4, 0.5) is 0 Å². The highest BCUT2D eigenvalue weighted by atomic mass is 32.1. The maximum absolute atomic E-state index is 12.2. The predicted octanol–water partition coefficient (Wildman–Crippen LogP) is 1.55. The van der Waals surface area contributed by atoms with Crippen molar-refractivity contribution in [2.24, 2.45) is 5.73 Å². The van der Waals surface area contributed by atoms with Crippen molar-refractivity contribution in [2.45, 2.75) is 38.3 Å². The first-order valence-corrected chi connectivity index (χ1v) is 8.10. The molecule has 1 unspecified atom stereocenters. The Kier molecular flexibility index (Phi) is 5.51. The first-order chi connectivity index (χ1) is 9.61. The number of amides is 1. The summed E-state index contributed by atoms with van der Waals surface area (Å²) in [4.78, 5) is 20.7. The van der Waals surface area contributed by atoms with Gasteiger partial charge in [0.05, 0.1) is 0 Å². The SMILES string of the molecule is CN(CCC1CCCCN1C)C(=O)c1csc(CN)n1. The van der Waals surface area contributed by atoms with Gasteiger partial charge in [0.15, 0.2) is 0 Å². The third kappa shape index (κ3) is 3.77. The predicted molar refractivity (Wildman–Crippen MR) is 81.9 cm³/mol. The van der Waals surface area contributed by atoms with Crippen molar-refractivity contribution in [2.75, 3.05) is 27.2 Å². The summed E-state index contributed by atoms with van der Waals surface area (Å²) >= 11 is 1.45. The Bertz CT molecular complexity index is 448. The van der Waals surface area contributed by atoms with Gasteiger partial charge in [0, 0.05) is 31.6 Å². The molecule has 2 rings (SSSR count). The molecule has 20 heavy (non-hydrogen) atoms. The van der Waals surface area contributed by atoms with E-state index in [1.165, 1.54) is 37.1 Å². The van der Waals surface area contributed by atoms with Crippen LogP contribution in [0.25, 0.3) is 0 Å². The minimum Gasteiger partial charge on any atom is -0.340 e. The summed E-state index contributed by atoms with van der Waals surface area (Å²) in [6, 6.07) is 0.606. The number of likely N-dealkylation sites (tertiary alicyclic amines) is 1. The van der Waals surface area contributed by atoms with Crippen molar-refractivity contribution in [3.8, 4) is 0 Å². The molecule has 1 aliphatic rings. The van der Waals surface area contributed by atoms with Crippen LogP contribution in [0.15, 0.2) is 5.38 Å². The number of thiazole rings is 1. The minimum atomic E-state index is -0.000544. The van der Waals surface area contributed by atoms with Gasteiger partial charge < -0.3 is 15.5 Å². The first kappa shape index (κ1) is 15.4. The van der Waals surface area contributed by atoms with Crippen molar-refractivity contribution >= 4 is 17.2 Å². The Hall–Kier alpha value is -0.980. The van der Waals surface area contributed by atoms with E-state index in [0.717, 1.165) is 18.0 Å². The molecule has 5 nitrogen and oxygen atoms in total. The third-order valence-electron chi connectivity index (χ3n) is 4.01. The first-order valence-electron chi connectivity index (χ1n) is 7.22. The van der Waals surface area contributed by atoms with Crippen LogP contribution in [0.1, 0.15) is 41.2 Å². The fourth-order valence-corrected chi connectivity index (χ4v) is 3.30. The zero-order valence-corrected chi connectivity index (χ0v) is 13.2. The lowest BCUT2D eigenvalue weighted by Crippen LogP contribution is -2.39. The van der Waals surface area contributed by atoms with E-state index in [1.54, 1.807) is 10.3 Å². The lowest BCUT2D eigenvalue weighted by molar-refractivity contribution is 0.0765. The summed E-state index contributed by atoms with van der Waals surface area (Å²) in [6.07, 6.45) is 4.88. The highest BCUT2D eigenvalue weighted by Gasteiger charge is 2.21. The largest absolute Gasteiger partial charge is 0.340 e. The quantitative estimate of drug-likeness (QED) is 0.895. The van der Waals surface area contributed by atoms with Crippen LogP contribution in [0.5, 0.6) is 0 Å². The maximum Gasteiger partial charge on any atom is 0.273 e.